The van der Waals surface area contributed by atoms with Gasteiger partial charge in [0.2, 0.25) is 0 Å². The summed E-state index contributed by atoms with van der Waals surface area (Å²) < 4.78 is 4.35. The maximum absolute atomic E-state index is 13.3. The number of aromatic nitrogens is 3. The van der Waals surface area contributed by atoms with Crippen molar-refractivity contribution in [2.24, 2.45) is 5.92 Å². The molecule has 0 spiro atoms. The Kier molecular flexibility index (Phi) is 3.16. The van der Waals surface area contributed by atoms with E-state index in [0.717, 1.165) is 59.4 Å². The Morgan fingerprint density at radius 2 is 2.20 bits per heavy atom. The molecular formula is C20H21N3O2. The van der Waals surface area contributed by atoms with Gasteiger partial charge < -0.3 is 14.2 Å². The lowest BCUT2D eigenvalue weighted by molar-refractivity contribution is 0.0887. The lowest BCUT2D eigenvalue weighted by Crippen LogP contribution is -2.27. The summed E-state index contributed by atoms with van der Waals surface area (Å²) in [5, 5.41) is 11.4. The number of rotatable bonds is 2. The number of imidazole rings is 1. The number of fused-ring (bicyclic) bond motifs is 3. The third kappa shape index (κ3) is 2.05. The average molecular weight is 335 g/mol. The van der Waals surface area contributed by atoms with Crippen molar-refractivity contribution in [3.63, 3.8) is 0 Å². The van der Waals surface area contributed by atoms with Crippen molar-refractivity contribution >= 4 is 16.7 Å². The van der Waals surface area contributed by atoms with Crippen LogP contribution in [-0.2, 0) is 19.5 Å². The monoisotopic (exact) mass is 335 g/mol. The first-order valence-electron chi connectivity index (χ1n) is 8.99. The van der Waals surface area contributed by atoms with Gasteiger partial charge in [-0.05, 0) is 26.2 Å². The van der Waals surface area contributed by atoms with Gasteiger partial charge in [0.15, 0.2) is 5.78 Å². The second kappa shape index (κ2) is 5.30. The van der Waals surface area contributed by atoms with Gasteiger partial charge in [-0.2, -0.15) is 0 Å². The van der Waals surface area contributed by atoms with Crippen LogP contribution in [0, 0.1) is 12.8 Å². The Balaban J connectivity index is 1.63. The van der Waals surface area contributed by atoms with E-state index in [0.29, 0.717) is 6.54 Å². The number of aliphatic hydroxyl groups is 1. The van der Waals surface area contributed by atoms with E-state index >= 15 is 0 Å². The molecule has 128 valence electrons. The van der Waals surface area contributed by atoms with E-state index in [-0.39, 0.29) is 11.7 Å². The molecule has 2 atom stereocenters. The largest absolute Gasteiger partial charge is 0.388 e. The number of benzene rings is 1. The standard InChI is InChI=1S/C20H21N3O2/c1-12-21-8-10-22(12)11-13-5-6-16-18(20(13)25)15-4-2-3-14-17(24)7-9-23(16)19(14)15/h2-4,8,10,13,17,24H,5-7,9,11H2,1H3. The Hall–Kier alpha value is -2.40. The summed E-state index contributed by atoms with van der Waals surface area (Å²) in [4.78, 5) is 17.6. The van der Waals surface area contributed by atoms with Gasteiger partial charge in [0.25, 0.3) is 0 Å². The molecular weight excluding hydrogens is 314 g/mol. The smallest absolute Gasteiger partial charge is 0.170 e. The molecule has 1 N–H and O–H groups in total. The van der Waals surface area contributed by atoms with E-state index in [1.54, 1.807) is 6.20 Å². The van der Waals surface area contributed by atoms with E-state index < -0.39 is 6.10 Å². The number of ketones is 1. The molecule has 0 bridgehead atoms. The highest BCUT2D eigenvalue weighted by Gasteiger charge is 2.35. The summed E-state index contributed by atoms with van der Waals surface area (Å²) in [7, 11) is 0. The number of aryl methyl sites for hydroxylation is 2. The zero-order chi connectivity index (χ0) is 17.1. The highest BCUT2D eigenvalue weighted by Crippen LogP contribution is 2.40. The molecule has 0 fully saturated rings. The maximum Gasteiger partial charge on any atom is 0.170 e. The predicted octanol–water partition coefficient (Wildman–Crippen LogP) is 3.03. The molecule has 0 saturated carbocycles. The van der Waals surface area contributed by atoms with Crippen molar-refractivity contribution in [3.05, 3.63) is 53.2 Å². The molecule has 3 aromatic rings. The average Bonchev–Trinajstić information content (AvgIpc) is 3.16. The minimum Gasteiger partial charge on any atom is -0.388 e. The first-order valence-corrected chi connectivity index (χ1v) is 8.99. The third-order valence-corrected chi connectivity index (χ3v) is 5.89. The highest BCUT2D eigenvalue weighted by molar-refractivity contribution is 6.12. The molecule has 5 rings (SSSR count). The van der Waals surface area contributed by atoms with Gasteiger partial charge in [-0.25, -0.2) is 4.98 Å². The number of carbonyl (C=O) groups excluding carboxylic acids is 1. The molecule has 2 aromatic heterocycles. The molecule has 25 heavy (non-hydrogen) atoms. The Labute approximate surface area is 145 Å². The molecule has 2 aliphatic rings. The van der Waals surface area contributed by atoms with E-state index in [9.17, 15) is 9.90 Å². The molecule has 1 aliphatic heterocycles. The fourth-order valence-electron chi connectivity index (χ4n) is 4.60. The van der Waals surface area contributed by atoms with Gasteiger partial charge in [0.05, 0.1) is 11.6 Å². The summed E-state index contributed by atoms with van der Waals surface area (Å²) in [6.07, 6.45) is 5.83. The molecule has 3 heterocycles. The van der Waals surface area contributed by atoms with Crippen molar-refractivity contribution in [2.75, 3.05) is 0 Å². The first kappa shape index (κ1) is 14.9. The normalized spacial score (nSPS) is 22.4. The first-order chi connectivity index (χ1) is 12.1. The van der Waals surface area contributed by atoms with Gasteiger partial charge in [-0.3, -0.25) is 4.79 Å². The van der Waals surface area contributed by atoms with Crippen LogP contribution in [0.4, 0.5) is 0 Å². The van der Waals surface area contributed by atoms with Gasteiger partial charge >= 0.3 is 0 Å². The van der Waals surface area contributed by atoms with Crippen molar-refractivity contribution < 1.29 is 9.90 Å². The number of aliphatic hydroxyl groups excluding tert-OH is 1. The van der Waals surface area contributed by atoms with E-state index in [1.807, 2.05) is 31.3 Å². The van der Waals surface area contributed by atoms with Crippen LogP contribution in [0.3, 0.4) is 0 Å². The highest BCUT2D eigenvalue weighted by atomic mass is 16.3. The maximum atomic E-state index is 13.3. The number of hydrogen-bond acceptors (Lipinski definition) is 3. The van der Waals surface area contributed by atoms with Gasteiger partial charge in [0, 0.05) is 53.6 Å². The fraction of sp³-hybridized carbons (Fsp3) is 0.400. The lowest BCUT2D eigenvalue weighted by atomic mass is 9.84. The summed E-state index contributed by atoms with van der Waals surface area (Å²) in [5.41, 5.74) is 4.09. The van der Waals surface area contributed by atoms with Crippen LogP contribution in [0.2, 0.25) is 0 Å². The predicted molar refractivity (Wildman–Crippen MR) is 94.6 cm³/mol. The second-order valence-corrected chi connectivity index (χ2v) is 7.25. The van der Waals surface area contributed by atoms with E-state index in [2.05, 4.69) is 14.1 Å². The lowest BCUT2D eigenvalue weighted by Gasteiger charge is -2.25. The van der Waals surface area contributed by atoms with Gasteiger partial charge in [-0.1, -0.05) is 18.2 Å². The number of Topliss-reactive ketones (excluding diaryl/α,β-unsaturated/α-hetero) is 1. The summed E-state index contributed by atoms with van der Waals surface area (Å²) in [6.45, 7) is 3.46. The summed E-state index contributed by atoms with van der Waals surface area (Å²) in [6, 6.07) is 5.99. The van der Waals surface area contributed by atoms with Crippen molar-refractivity contribution in [1.29, 1.82) is 0 Å². The molecule has 0 saturated heterocycles. The van der Waals surface area contributed by atoms with Crippen LogP contribution in [0.5, 0.6) is 0 Å². The zero-order valence-electron chi connectivity index (χ0n) is 14.3. The minimum atomic E-state index is -0.424. The van der Waals surface area contributed by atoms with Gasteiger partial charge in [0.1, 0.15) is 5.82 Å². The van der Waals surface area contributed by atoms with Crippen LogP contribution < -0.4 is 0 Å². The summed E-state index contributed by atoms with van der Waals surface area (Å²) >= 11 is 0. The third-order valence-electron chi connectivity index (χ3n) is 5.89. The van der Waals surface area contributed by atoms with Crippen LogP contribution >= 0.6 is 0 Å². The number of carbonyl (C=O) groups is 1. The molecule has 0 amide bonds. The SMILES string of the molecule is Cc1nccn1CC1CCc2c(c3cccc4c3n2CCC4O)C1=O. The van der Waals surface area contributed by atoms with Crippen LogP contribution in [0.15, 0.2) is 30.6 Å². The Bertz CT molecular complexity index is 998. The van der Waals surface area contributed by atoms with Crippen molar-refractivity contribution in [1.82, 2.24) is 14.1 Å². The van der Waals surface area contributed by atoms with Crippen LogP contribution in [0.1, 0.15) is 46.4 Å². The quantitative estimate of drug-likeness (QED) is 0.783. The molecule has 2 unspecified atom stereocenters. The van der Waals surface area contributed by atoms with Crippen LogP contribution in [-0.4, -0.2) is 25.0 Å². The zero-order valence-corrected chi connectivity index (χ0v) is 14.3. The summed E-state index contributed by atoms with van der Waals surface area (Å²) in [5.74, 6) is 1.18. The van der Waals surface area contributed by atoms with E-state index in [4.69, 9.17) is 0 Å². The molecule has 1 aliphatic carbocycles. The second-order valence-electron chi connectivity index (χ2n) is 7.25. The van der Waals surface area contributed by atoms with Crippen molar-refractivity contribution in [3.8, 4) is 0 Å². The number of nitrogens with zero attached hydrogens (tertiary/aromatic N) is 3. The Morgan fingerprint density at radius 1 is 1.32 bits per heavy atom. The molecule has 0 radical (unpaired) electrons. The van der Waals surface area contributed by atoms with Crippen molar-refractivity contribution in [2.45, 2.75) is 45.4 Å². The number of para-hydroxylation sites is 1. The molecule has 5 nitrogen and oxygen atoms in total. The van der Waals surface area contributed by atoms with Gasteiger partial charge in [-0.15, -0.1) is 0 Å². The molecule has 1 aromatic carbocycles. The molecule has 5 heteroatoms. The number of hydrogen-bond donors (Lipinski definition) is 1. The van der Waals surface area contributed by atoms with E-state index in [1.165, 1.54) is 0 Å². The topological polar surface area (TPSA) is 60.1 Å². The Morgan fingerprint density at radius 3 is 3.00 bits per heavy atom. The minimum absolute atomic E-state index is 0.00576. The fourth-order valence-corrected chi connectivity index (χ4v) is 4.60. The van der Waals surface area contributed by atoms with Crippen LogP contribution in [0.25, 0.3) is 10.9 Å².